The summed E-state index contributed by atoms with van der Waals surface area (Å²) in [6.07, 6.45) is 13.4. The van der Waals surface area contributed by atoms with E-state index in [1.165, 1.54) is 17.7 Å². The standard InChI is InChI=1S/C35H43FN4O3/c1-4-13-38-14-16-39(17-15-38)22-31(42)35(43)12-11-28-27-10-5-24-18-29-23(21-37-40(29)26-8-6-25(36)7-9-26)19-33(24,2)32(27)30(41)20-34(28,35)3/h1,6-9,18,21,27-28,30,32,41,43H,5,10-17,19-20,22H2,2-3H3/t27?,28?,30-,32?,33-,34-,35-/m0/s1. The number of hydrogen-bond acceptors (Lipinski definition) is 6. The fourth-order valence-corrected chi connectivity index (χ4v) is 10.0. The fraction of sp³-hybridized carbons (Fsp3) is 0.600. The molecule has 4 aliphatic carbocycles. The number of hydrogen-bond donors (Lipinski definition) is 2. The third kappa shape index (κ3) is 4.38. The molecule has 7 atom stereocenters. The number of halogens is 1. The molecule has 0 spiro atoms. The summed E-state index contributed by atoms with van der Waals surface area (Å²) in [6, 6.07) is 6.41. The van der Waals surface area contributed by atoms with Crippen LogP contribution < -0.4 is 0 Å². The van der Waals surface area contributed by atoms with Crippen molar-refractivity contribution in [3.05, 3.63) is 53.1 Å². The van der Waals surface area contributed by atoms with Crippen LogP contribution in [0.4, 0.5) is 4.39 Å². The molecule has 228 valence electrons. The molecule has 1 aromatic heterocycles. The second-order valence-electron chi connectivity index (χ2n) is 14.3. The number of piperazine rings is 1. The summed E-state index contributed by atoms with van der Waals surface area (Å²) in [5, 5.41) is 28.8. The molecule has 5 aliphatic rings. The number of aliphatic hydroxyl groups is 2. The number of aromatic nitrogens is 2. The Labute approximate surface area is 253 Å². The van der Waals surface area contributed by atoms with Gasteiger partial charge >= 0.3 is 0 Å². The minimum atomic E-state index is -1.42. The van der Waals surface area contributed by atoms with Gasteiger partial charge in [0.15, 0.2) is 5.78 Å². The van der Waals surface area contributed by atoms with Gasteiger partial charge in [-0.2, -0.15) is 5.10 Å². The van der Waals surface area contributed by atoms with E-state index >= 15 is 0 Å². The molecule has 8 heteroatoms. The van der Waals surface area contributed by atoms with Gasteiger partial charge in [0.05, 0.1) is 36.8 Å². The summed E-state index contributed by atoms with van der Waals surface area (Å²) in [5.74, 6) is 2.81. The van der Waals surface area contributed by atoms with Gasteiger partial charge in [0, 0.05) is 31.6 Å². The maximum absolute atomic E-state index is 13.9. The Bertz CT molecular complexity index is 1490. The summed E-state index contributed by atoms with van der Waals surface area (Å²) in [4.78, 5) is 18.2. The van der Waals surface area contributed by atoms with Crippen molar-refractivity contribution in [3.8, 4) is 18.0 Å². The number of fused-ring (bicyclic) bond motifs is 6. The van der Waals surface area contributed by atoms with E-state index in [1.54, 1.807) is 12.1 Å². The zero-order chi connectivity index (χ0) is 30.1. The van der Waals surface area contributed by atoms with Crippen molar-refractivity contribution in [3.63, 3.8) is 0 Å². The number of rotatable bonds is 5. The molecule has 3 saturated carbocycles. The van der Waals surface area contributed by atoms with Crippen molar-refractivity contribution in [1.29, 1.82) is 0 Å². The fourth-order valence-electron chi connectivity index (χ4n) is 10.0. The quantitative estimate of drug-likeness (QED) is 0.520. The van der Waals surface area contributed by atoms with Crippen LogP contribution in [0.25, 0.3) is 11.8 Å². The van der Waals surface area contributed by atoms with E-state index in [2.05, 4.69) is 40.7 Å². The van der Waals surface area contributed by atoms with Gasteiger partial charge in [-0.1, -0.05) is 25.3 Å². The van der Waals surface area contributed by atoms with E-state index in [4.69, 9.17) is 6.42 Å². The highest BCUT2D eigenvalue weighted by Gasteiger charge is 2.68. The molecule has 43 heavy (non-hydrogen) atoms. The van der Waals surface area contributed by atoms with Crippen molar-refractivity contribution >= 4 is 11.9 Å². The van der Waals surface area contributed by atoms with Crippen molar-refractivity contribution in [2.24, 2.45) is 28.6 Å². The average Bonchev–Trinajstić information content (AvgIpc) is 3.50. The normalized spacial score (nSPS) is 37.4. The summed E-state index contributed by atoms with van der Waals surface area (Å²) >= 11 is 0. The molecule has 2 N–H and O–H groups in total. The van der Waals surface area contributed by atoms with E-state index < -0.39 is 17.1 Å². The number of benzene rings is 1. The number of allylic oxidation sites excluding steroid dienone is 1. The smallest absolute Gasteiger partial charge is 0.178 e. The molecule has 4 fully saturated rings. The first-order chi connectivity index (χ1) is 20.6. The van der Waals surface area contributed by atoms with Crippen molar-refractivity contribution in [1.82, 2.24) is 19.6 Å². The van der Waals surface area contributed by atoms with Crippen molar-refractivity contribution in [2.45, 2.75) is 64.1 Å². The highest BCUT2D eigenvalue weighted by atomic mass is 19.1. The number of carbonyl (C=O) groups is 1. The zero-order valence-electron chi connectivity index (χ0n) is 25.3. The van der Waals surface area contributed by atoms with Crippen LogP contribution in [0.1, 0.15) is 57.2 Å². The van der Waals surface area contributed by atoms with Crippen LogP contribution in [0.5, 0.6) is 0 Å². The van der Waals surface area contributed by atoms with Crippen LogP contribution in [0.3, 0.4) is 0 Å². The van der Waals surface area contributed by atoms with Crippen LogP contribution in [0.2, 0.25) is 0 Å². The number of carbonyl (C=O) groups excluding carboxylic acids is 1. The molecular weight excluding hydrogens is 543 g/mol. The summed E-state index contributed by atoms with van der Waals surface area (Å²) in [5.41, 5.74) is 2.03. The first-order valence-electron chi connectivity index (χ1n) is 15.9. The third-order valence-electron chi connectivity index (χ3n) is 12.3. The molecule has 2 aromatic rings. The van der Waals surface area contributed by atoms with Gasteiger partial charge < -0.3 is 10.2 Å². The molecule has 0 radical (unpaired) electrons. The molecular formula is C35H43FN4O3. The van der Waals surface area contributed by atoms with E-state index in [-0.39, 0.29) is 41.3 Å². The third-order valence-corrected chi connectivity index (χ3v) is 12.3. The van der Waals surface area contributed by atoms with Gasteiger partial charge in [-0.3, -0.25) is 14.6 Å². The number of nitrogens with zero attached hydrogens (tertiary/aromatic N) is 4. The molecule has 7 nitrogen and oxygen atoms in total. The molecule has 1 aromatic carbocycles. The Morgan fingerprint density at radius 2 is 1.86 bits per heavy atom. The Morgan fingerprint density at radius 3 is 2.58 bits per heavy atom. The van der Waals surface area contributed by atoms with Gasteiger partial charge in [0.25, 0.3) is 0 Å². The SMILES string of the molecule is C#CCN1CCN(CC(=O)[C@@]2(O)CCC3C4CCC5=Cc6c(cnn6-c6ccc(F)cc6)C[C@]5(C)C4[C@@H](O)C[C@@]32C)CC1. The zero-order valence-corrected chi connectivity index (χ0v) is 25.3. The lowest BCUT2D eigenvalue weighted by Crippen LogP contribution is -2.63. The topological polar surface area (TPSA) is 81.8 Å². The second kappa shape index (κ2) is 10.4. The Morgan fingerprint density at radius 1 is 1.14 bits per heavy atom. The molecule has 2 heterocycles. The number of ketones is 1. The van der Waals surface area contributed by atoms with Gasteiger partial charge in [0.2, 0.25) is 0 Å². The number of aliphatic hydroxyl groups excluding tert-OH is 1. The van der Waals surface area contributed by atoms with Gasteiger partial charge in [-0.05, 0) is 97.6 Å². The van der Waals surface area contributed by atoms with Crippen LogP contribution in [0.15, 0.2) is 36.0 Å². The lowest BCUT2D eigenvalue weighted by Gasteiger charge is -2.60. The Balaban J connectivity index is 1.12. The molecule has 1 saturated heterocycles. The minimum absolute atomic E-state index is 0.0505. The molecule has 7 rings (SSSR count). The van der Waals surface area contributed by atoms with Crippen LogP contribution in [0, 0.1) is 46.7 Å². The van der Waals surface area contributed by atoms with Gasteiger partial charge in [0.1, 0.15) is 11.4 Å². The highest BCUT2D eigenvalue weighted by Crippen LogP contribution is 2.67. The monoisotopic (exact) mass is 586 g/mol. The summed E-state index contributed by atoms with van der Waals surface area (Å²) in [6.45, 7) is 8.44. The predicted octanol–water partition coefficient (Wildman–Crippen LogP) is 3.72. The van der Waals surface area contributed by atoms with Crippen molar-refractivity contribution < 1.29 is 19.4 Å². The molecule has 1 aliphatic heterocycles. The number of Topliss-reactive ketones (excluding diaryl/α,β-unsaturated/α-hetero) is 1. The van der Waals surface area contributed by atoms with Crippen molar-refractivity contribution in [2.75, 3.05) is 39.3 Å². The maximum Gasteiger partial charge on any atom is 0.178 e. The largest absolute Gasteiger partial charge is 0.393 e. The lowest BCUT2D eigenvalue weighted by atomic mass is 9.45. The predicted molar refractivity (Wildman–Crippen MR) is 163 cm³/mol. The molecule has 0 amide bonds. The maximum atomic E-state index is 13.9. The van der Waals surface area contributed by atoms with Gasteiger partial charge in [-0.15, -0.1) is 6.42 Å². The summed E-state index contributed by atoms with van der Waals surface area (Å²) in [7, 11) is 0. The first-order valence-corrected chi connectivity index (χ1v) is 15.9. The molecule has 3 unspecified atom stereocenters. The van der Waals surface area contributed by atoms with Gasteiger partial charge in [-0.25, -0.2) is 9.07 Å². The second-order valence-corrected chi connectivity index (χ2v) is 14.3. The highest BCUT2D eigenvalue weighted by molar-refractivity contribution is 5.90. The van der Waals surface area contributed by atoms with Crippen LogP contribution in [-0.4, -0.2) is 86.6 Å². The van der Waals surface area contributed by atoms with Crippen LogP contribution in [-0.2, 0) is 11.2 Å². The summed E-state index contributed by atoms with van der Waals surface area (Å²) < 4.78 is 15.5. The lowest BCUT2D eigenvalue weighted by molar-refractivity contribution is -0.180. The van der Waals surface area contributed by atoms with E-state index in [0.717, 1.165) is 68.8 Å². The van der Waals surface area contributed by atoms with Crippen LogP contribution >= 0.6 is 0 Å². The first kappa shape index (κ1) is 28.9. The molecule has 0 bridgehead atoms. The average molecular weight is 587 g/mol. The number of terminal acetylenes is 1. The van der Waals surface area contributed by atoms with E-state index in [9.17, 15) is 19.4 Å². The minimum Gasteiger partial charge on any atom is -0.393 e. The van der Waals surface area contributed by atoms with E-state index in [1.807, 2.05) is 10.9 Å². The Hall–Kier alpha value is -2.83. The van der Waals surface area contributed by atoms with E-state index in [0.29, 0.717) is 19.4 Å². The Kier molecular flexibility index (Phi) is 6.98.